The van der Waals surface area contributed by atoms with Gasteiger partial charge in [-0.05, 0) is 28.1 Å². The van der Waals surface area contributed by atoms with Gasteiger partial charge in [0.2, 0.25) is 0 Å². The van der Waals surface area contributed by atoms with E-state index in [0.717, 1.165) is 6.07 Å². The zero-order chi connectivity index (χ0) is 13.2. The van der Waals surface area contributed by atoms with Crippen molar-refractivity contribution in [1.82, 2.24) is 0 Å². The molecule has 0 bridgehead atoms. The van der Waals surface area contributed by atoms with Gasteiger partial charge in [-0.15, -0.1) is 0 Å². The van der Waals surface area contributed by atoms with Crippen LogP contribution in [0.15, 0.2) is 21.5 Å². The number of sulfone groups is 1. The van der Waals surface area contributed by atoms with Crippen LogP contribution in [-0.4, -0.2) is 32.4 Å². The monoisotopic (exact) mass is 322 g/mol. The SMILES string of the molecule is CCS(=O)(=O)c1cc(C(=O)O)c(OC)cc1Br. The first-order valence-corrected chi connectivity index (χ1v) is 7.11. The highest BCUT2D eigenvalue weighted by Gasteiger charge is 2.21. The minimum absolute atomic E-state index is 0.0433. The van der Waals surface area contributed by atoms with Crippen LogP contribution in [0.25, 0.3) is 0 Å². The Hall–Kier alpha value is -1.08. The number of hydrogen-bond acceptors (Lipinski definition) is 4. The summed E-state index contributed by atoms with van der Waals surface area (Å²) >= 11 is 3.10. The molecular formula is C10H11BrO5S. The van der Waals surface area contributed by atoms with E-state index >= 15 is 0 Å². The maximum Gasteiger partial charge on any atom is 0.339 e. The van der Waals surface area contributed by atoms with Crippen molar-refractivity contribution >= 4 is 31.7 Å². The third-order valence-corrected chi connectivity index (χ3v) is 4.89. The number of methoxy groups -OCH3 is 1. The van der Waals surface area contributed by atoms with Crippen molar-refractivity contribution in [2.75, 3.05) is 12.9 Å². The molecule has 17 heavy (non-hydrogen) atoms. The van der Waals surface area contributed by atoms with Gasteiger partial charge in [-0.2, -0.15) is 0 Å². The molecule has 0 aliphatic rings. The fourth-order valence-electron chi connectivity index (χ4n) is 1.26. The van der Waals surface area contributed by atoms with Crippen LogP contribution in [0.1, 0.15) is 17.3 Å². The summed E-state index contributed by atoms with van der Waals surface area (Å²) in [5.74, 6) is -1.22. The summed E-state index contributed by atoms with van der Waals surface area (Å²) in [6, 6.07) is 2.44. The lowest BCUT2D eigenvalue weighted by molar-refractivity contribution is 0.0693. The minimum Gasteiger partial charge on any atom is -0.496 e. The van der Waals surface area contributed by atoms with Gasteiger partial charge in [0.05, 0.1) is 17.8 Å². The molecule has 1 rings (SSSR count). The molecule has 0 radical (unpaired) electrons. The lowest BCUT2D eigenvalue weighted by Gasteiger charge is -2.10. The average Bonchev–Trinajstić information content (AvgIpc) is 2.27. The van der Waals surface area contributed by atoms with Crippen molar-refractivity contribution < 1.29 is 23.1 Å². The summed E-state index contributed by atoms with van der Waals surface area (Å²) in [4.78, 5) is 10.9. The number of ether oxygens (including phenoxy) is 1. The first kappa shape index (κ1) is 14.0. The van der Waals surface area contributed by atoms with Crippen LogP contribution < -0.4 is 4.74 Å². The Labute approximate surface area is 107 Å². The van der Waals surface area contributed by atoms with Gasteiger partial charge < -0.3 is 9.84 Å². The molecule has 1 aromatic carbocycles. The average molecular weight is 323 g/mol. The van der Waals surface area contributed by atoms with E-state index in [9.17, 15) is 13.2 Å². The summed E-state index contributed by atoms with van der Waals surface area (Å²) in [5, 5.41) is 8.96. The number of halogens is 1. The van der Waals surface area contributed by atoms with Gasteiger partial charge in [0.15, 0.2) is 9.84 Å². The molecule has 0 aliphatic heterocycles. The van der Waals surface area contributed by atoms with Crippen molar-refractivity contribution in [3.63, 3.8) is 0 Å². The molecule has 0 atom stereocenters. The maximum absolute atomic E-state index is 11.7. The lowest BCUT2D eigenvalue weighted by atomic mass is 10.2. The molecular weight excluding hydrogens is 312 g/mol. The standard InChI is InChI=1S/C10H11BrO5S/c1-3-17(14,15)9-4-6(10(12)13)8(16-2)5-7(9)11/h4-5H,3H2,1-2H3,(H,12,13). The zero-order valence-electron chi connectivity index (χ0n) is 9.23. The van der Waals surface area contributed by atoms with E-state index < -0.39 is 15.8 Å². The third kappa shape index (κ3) is 2.78. The van der Waals surface area contributed by atoms with E-state index in [0.29, 0.717) is 4.47 Å². The third-order valence-electron chi connectivity index (χ3n) is 2.20. The fourth-order valence-corrected chi connectivity index (χ4v) is 3.29. The molecule has 0 aromatic heterocycles. The van der Waals surface area contributed by atoms with Crippen molar-refractivity contribution in [3.8, 4) is 5.75 Å². The van der Waals surface area contributed by atoms with E-state index in [4.69, 9.17) is 9.84 Å². The number of carboxylic acid groups (broad SMARTS) is 1. The molecule has 0 unspecified atom stereocenters. The summed E-state index contributed by atoms with van der Waals surface area (Å²) in [5.41, 5.74) is -0.178. The molecule has 0 amide bonds. The Morgan fingerprint density at radius 3 is 2.47 bits per heavy atom. The molecule has 94 valence electrons. The number of aromatic carboxylic acids is 1. The fraction of sp³-hybridized carbons (Fsp3) is 0.300. The smallest absolute Gasteiger partial charge is 0.339 e. The van der Waals surface area contributed by atoms with Gasteiger partial charge in [-0.3, -0.25) is 0 Å². The van der Waals surface area contributed by atoms with Crippen molar-refractivity contribution in [2.24, 2.45) is 0 Å². The first-order chi connectivity index (χ1) is 7.83. The Kier molecular flexibility index (Phi) is 4.16. The molecule has 0 fully saturated rings. The van der Waals surface area contributed by atoms with E-state index in [2.05, 4.69) is 15.9 Å². The number of rotatable bonds is 4. The molecule has 1 N–H and O–H groups in total. The molecule has 0 saturated carbocycles. The van der Waals surface area contributed by atoms with E-state index in [1.807, 2.05) is 0 Å². The van der Waals surface area contributed by atoms with Gasteiger partial charge >= 0.3 is 5.97 Å². The highest BCUT2D eigenvalue weighted by atomic mass is 79.9. The van der Waals surface area contributed by atoms with Gasteiger partial charge in [-0.25, -0.2) is 13.2 Å². The van der Waals surface area contributed by atoms with Gasteiger partial charge in [-0.1, -0.05) is 6.92 Å². The number of carboxylic acids is 1. The van der Waals surface area contributed by atoms with Gasteiger partial charge in [0, 0.05) is 4.47 Å². The Morgan fingerprint density at radius 1 is 1.47 bits per heavy atom. The van der Waals surface area contributed by atoms with Gasteiger partial charge in [0.1, 0.15) is 11.3 Å². The Bertz CT molecular complexity index is 550. The topological polar surface area (TPSA) is 80.7 Å². The van der Waals surface area contributed by atoms with Crippen molar-refractivity contribution in [2.45, 2.75) is 11.8 Å². The highest BCUT2D eigenvalue weighted by Crippen LogP contribution is 2.31. The second kappa shape index (κ2) is 5.05. The lowest BCUT2D eigenvalue weighted by Crippen LogP contribution is -2.08. The molecule has 7 heteroatoms. The normalized spacial score (nSPS) is 11.2. The van der Waals surface area contributed by atoms with Crippen molar-refractivity contribution in [3.05, 3.63) is 22.2 Å². The molecule has 0 aliphatic carbocycles. The van der Waals surface area contributed by atoms with Crippen LogP contribution in [0, 0.1) is 0 Å². The van der Waals surface area contributed by atoms with Crippen LogP contribution in [0.4, 0.5) is 0 Å². The molecule has 0 heterocycles. The zero-order valence-corrected chi connectivity index (χ0v) is 11.6. The predicted octanol–water partition coefficient (Wildman–Crippen LogP) is 1.95. The van der Waals surface area contributed by atoms with Crippen LogP contribution >= 0.6 is 15.9 Å². The minimum atomic E-state index is -3.48. The first-order valence-electron chi connectivity index (χ1n) is 4.67. The Morgan fingerprint density at radius 2 is 2.06 bits per heavy atom. The van der Waals surface area contributed by atoms with Crippen LogP contribution in [0.3, 0.4) is 0 Å². The van der Waals surface area contributed by atoms with Gasteiger partial charge in [0.25, 0.3) is 0 Å². The maximum atomic E-state index is 11.7. The van der Waals surface area contributed by atoms with E-state index in [1.54, 1.807) is 0 Å². The molecule has 0 spiro atoms. The number of carbonyl (C=O) groups is 1. The van der Waals surface area contributed by atoms with Crippen LogP contribution in [-0.2, 0) is 9.84 Å². The number of benzene rings is 1. The predicted molar refractivity (Wildman–Crippen MR) is 65.4 cm³/mol. The summed E-state index contributed by atoms with van der Waals surface area (Å²) < 4.78 is 28.6. The second-order valence-electron chi connectivity index (χ2n) is 3.19. The van der Waals surface area contributed by atoms with E-state index in [1.165, 1.54) is 20.1 Å². The second-order valence-corrected chi connectivity index (χ2v) is 6.29. The van der Waals surface area contributed by atoms with Crippen molar-refractivity contribution in [1.29, 1.82) is 0 Å². The quantitative estimate of drug-likeness (QED) is 0.916. The van der Waals surface area contributed by atoms with Crippen LogP contribution in [0.5, 0.6) is 5.75 Å². The molecule has 5 nitrogen and oxygen atoms in total. The molecule has 0 saturated heterocycles. The summed E-state index contributed by atoms with van der Waals surface area (Å²) in [6.07, 6.45) is 0. The highest BCUT2D eigenvalue weighted by molar-refractivity contribution is 9.10. The Balaban J connectivity index is 3.56. The van der Waals surface area contributed by atoms with E-state index in [-0.39, 0.29) is 22.0 Å². The summed E-state index contributed by atoms with van der Waals surface area (Å²) in [6.45, 7) is 1.49. The van der Waals surface area contributed by atoms with Crippen LogP contribution in [0.2, 0.25) is 0 Å². The molecule has 1 aromatic rings. The largest absolute Gasteiger partial charge is 0.496 e. The summed E-state index contributed by atoms with van der Waals surface area (Å²) in [7, 11) is -2.15. The number of hydrogen-bond donors (Lipinski definition) is 1.